The molecule has 1 saturated heterocycles. The number of aromatic nitrogens is 4. The molecule has 0 spiro atoms. The lowest BCUT2D eigenvalue weighted by molar-refractivity contribution is 0.499. The topological polar surface area (TPSA) is 76.3 Å². The quantitative estimate of drug-likeness (QED) is 0.662. The van der Waals surface area contributed by atoms with Gasteiger partial charge in [-0.2, -0.15) is 5.10 Å². The van der Waals surface area contributed by atoms with Gasteiger partial charge in [-0.15, -0.1) is 0 Å². The molecule has 8 nitrogen and oxygen atoms in total. The predicted octanol–water partition coefficient (Wildman–Crippen LogP) is 1.93. The van der Waals surface area contributed by atoms with Crippen LogP contribution in [0.1, 0.15) is 31.7 Å². The maximum atomic E-state index is 12.9. The highest BCUT2D eigenvalue weighted by molar-refractivity contribution is 5.81. The average Bonchev–Trinajstić information content (AvgIpc) is 3.30. The summed E-state index contributed by atoms with van der Waals surface area (Å²) in [6.07, 6.45) is 6.25. The zero-order chi connectivity index (χ0) is 20.7. The van der Waals surface area contributed by atoms with Crippen LogP contribution in [0.5, 0.6) is 0 Å². The third-order valence-electron chi connectivity index (χ3n) is 6.40. The number of hydrogen-bond donors (Lipinski definition) is 0. The normalized spacial score (nSPS) is 17.8. The van der Waals surface area contributed by atoms with E-state index in [1.165, 1.54) is 17.5 Å². The van der Waals surface area contributed by atoms with Gasteiger partial charge in [0.25, 0.3) is 11.1 Å². The van der Waals surface area contributed by atoms with E-state index in [9.17, 15) is 9.59 Å². The van der Waals surface area contributed by atoms with Gasteiger partial charge >= 0.3 is 0 Å². The van der Waals surface area contributed by atoms with Gasteiger partial charge in [0.2, 0.25) is 0 Å². The molecule has 0 bridgehead atoms. The van der Waals surface area contributed by atoms with Crippen molar-refractivity contribution in [2.75, 3.05) is 36.0 Å². The third-order valence-corrected chi connectivity index (χ3v) is 6.40. The molecule has 3 aromatic rings. The van der Waals surface area contributed by atoms with Gasteiger partial charge in [-0.25, -0.2) is 9.67 Å². The first kappa shape index (κ1) is 18.8. The van der Waals surface area contributed by atoms with E-state index >= 15 is 0 Å². The van der Waals surface area contributed by atoms with Crippen molar-refractivity contribution in [2.24, 2.45) is 7.05 Å². The van der Waals surface area contributed by atoms with Crippen molar-refractivity contribution in [2.45, 2.75) is 31.7 Å². The molecule has 1 aromatic carbocycles. The fraction of sp³-hybridized carbons (Fsp3) is 0.455. The Hall–Kier alpha value is -3.16. The maximum absolute atomic E-state index is 12.9. The molecule has 5 rings (SSSR count). The van der Waals surface area contributed by atoms with Gasteiger partial charge in [-0.3, -0.25) is 14.2 Å². The highest BCUT2D eigenvalue weighted by Crippen LogP contribution is 2.29. The van der Waals surface area contributed by atoms with Gasteiger partial charge in [0, 0.05) is 51.0 Å². The Morgan fingerprint density at radius 1 is 0.933 bits per heavy atom. The van der Waals surface area contributed by atoms with Gasteiger partial charge in [0.1, 0.15) is 5.82 Å². The molecule has 3 heterocycles. The predicted molar refractivity (Wildman–Crippen MR) is 117 cm³/mol. The van der Waals surface area contributed by atoms with Crippen LogP contribution in [-0.4, -0.2) is 45.5 Å². The lowest BCUT2D eigenvalue weighted by Crippen LogP contribution is -2.47. The molecule has 2 aromatic heterocycles. The largest absolute Gasteiger partial charge is 0.368 e. The second kappa shape index (κ2) is 7.59. The third kappa shape index (κ3) is 3.36. The second-order valence-electron chi connectivity index (χ2n) is 8.22. The Kier molecular flexibility index (Phi) is 4.77. The van der Waals surface area contributed by atoms with Crippen LogP contribution in [0.4, 0.5) is 11.5 Å². The number of aryl methyl sites for hydroxylation is 1. The lowest BCUT2D eigenvalue weighted by Gasteiger charge is -2.36. The van der Waals surface area contributed by atoms with Crippen molar-refractivity contribution in [1.82, 2.24) is 19.3 Å². The first-order valence-electron chi connectivity index (χ1n) is 10.7. The average molecular weight is 406 g/mol. The molecule has 2 fully saturated rings. The summed E-state index contributed by atoms with van der Waals surface area (Å²) < 4.78 is 3.20. The van der Waals surface area contributed by atoms with Crippen molar-refractivity contribution < 1.29 is 0 Å². The fourth-order valence-corrected chi connectivity index (χ4v) is 4.62. The standard InChI is InChI=1S/C22H26N6O2/c1-25-21(29)9-8-20(24-25)27-12-10-26(11-13-27)17-6-7-18-19(14-17)23-15-28(22(18)30)16-4-2-3-5-16/h6-9,14-16H,2-5,10-13H2,1H3. The van der Waals surface area contributed by atoms with E-state index in [1.807, 2.05) is 22.8 Å². The molecule has 0 amide bonds. The van der Waals surface area contributed by atoms with E-state index < -0.39 is 0 Å². The van der Waals surface area contributed by atoms with Crippen LogP contribution < -0.4 is 20.9 Å². The molecule has 1 aliphatic carbocycles. The number of rotatable bonds is 3. The number of nitrogens with zero attached hydrogens (tertiary/aromatic N) is 6. The van der Waals surface area contributed by atoms with Crippen LogP contribution >= 0.6 is 0 Å². The SMILES string of the molecule is Cn1nc(N2CCN(c3ccc4c(=O)n(C5CCCC5)cnc4c3)CC2)ccc1=O. The van der Waals surface area contributed by atoms with Crippen LogP contribution in [0.2, 0.25) is 0 Å². The summed E-state index contributed by atoms with van der Waals surface area (Å²) in [5.41, 5.74) is 1.81. The monoisotopic (exact) mass is 406 g/mol. The fourth-order valence-electron chi connectivity index (χ4n) is 4.62. The van der Waals surface area contributed by atoms with Gasteiger partial charge in [-0.05, 0) is 37.1 Å². The van der Waals surface area contributed by atoms with Gasteiger partial charge < -0.3 is 9.80 Å². The maximum Gasteiger partial charge on any atom is 0.266 e. The first-order chi connectivity index (χ1) is 14.6. The molecule has 0 unspecified atom stereocenters. The summed E-state index contributed by atoms with van der Waals surface area (Å²) >= 11 is 0. The molecular weight excluding hydrogens is 380 g/mol. The molecule has 0 atom stereocenters. The van der Waals surface area contributed by atoms with Crippen LogP contribution in [0.25, 0.3) is 10.9 Å². The van der Waals surface area contributed by atoms with Gasteiger partial charge in [0.15, 0.2) is 0 Å². The molecule has 2 aliphatic rings. The zero-order valence-corrected chi connectivity index (χ0v) is 17.2. The Labute approximate surface area is 174 Å². The molecular formula is C22H26N6O2. The second-order valence-corrected chi connectivity index (χ2v) is 8.22. The minimum atomic E-state index is -0.104. The van der Waals surface area contributed by atoms with Crippen molar-refractivity contribution >= 4 is 22.4 Å². The number of benzene rings is 1. The molecule has 1 saturated carbocycles. The van der Waals surface area contributed by atoms with E-state index in [2.05, 4.69) is 19.9 Å². The summed E-state index contributed by atoms with van der Waals surface area (Å²) in [5.74, 6) is 0.824. The Morgan fingerprint density at radius 2 is 1.67 bits per heavy atom. The van der Waals surface area contributed by atoms with Gasteiger partial charge in [-0.1, -0.05) is 12.8 Å². The first-order valence-corrected chi connectivity index (χ1v) is 10.7. The molecule has 156 valence electrons. The van der Waals surface area contributed by atoms with Crippen molar-refractivity contribution in [3.05, 3.63) is 57.4 Å². The number of fused-ring (bicyclic) bond motifs is 1. The zero-order valence-electron chi connectivity index (χ0n) is 17.2. The van der Waals surface area contributed by atoms with Crippen LogP contribution in [0.3, 0.4) is 0 Å². The molecule has 0 radical (unpaired) electrons. The molecule has 1 aliphatic heterocycles. The van der Waals surface area contributed by atoms with Crippen LogP contribution in [0.15, 0.2) is 46.2 Å². The minimum absolute atomic E-state index is 0.0732. The van der Waals surface area contributed by atoms with E-state index in [4.69, 9.17) is 0 Å². The van der Waals surface area contributed by atoms with E-state index in [0.717, 1.165) is 56.0 Å². The Bertz CT molecular complexity index is 1190. The van der Waals surface area contributed by atoms with E-state index in [0.29, 0.717) is 11.4 Å². The lowest BCUT2D eigenvalue weighted by atomic mass is 10.1. The highest BCUT2D eigenvalue weighted by atomic mass is 16.1. The summed E-state index contributed by atoms with van der Waals surface area (Å²) in [5, 5.41) is 5.05. The number of anilines is 2. The summed E-state index contributed by atoms with van der Waals surface area (Å²) in [6.45, 7) is 3.32. The summed E-state index contributed by atoms with van der Waals surface area (Å²) in [4.78, 5) is 33.6. The minimum Gasteiger partial charge on any atom is -0.368 e. The number of hydrogen-bond acceptors (Lipinski definition) is 6. The van der Waals surface area contributed by atoms with Crippen molar-refractivity contribution in [1.29, 1.82) is 0 Å². The Balaban J connectivity index is 1.34. The van der Waals surface area contributed by atoms with E-state index in [-0.39, 0.29) is 11.1 Å². The Morgan fingerprint density at radius 3 is 2.40 bits per heavy atom. The summed E-state index contributed by atoms with van der Waals surface area (Å²) in [7, 11) is 1.67. The molecule has 0 N–H and O–H groups in total. The van der Waals surface area contributed by atoms with Crippen LogP contribution in [-0.2, 0) is 7.05 Å². The highest BCUT2D eigenvalue weighted by Gasteiger charge is 2.21. The molecule has 30 heavy (non-hydrogen) atoms. The number of piperazine rings is 1. The van der Waals surface area contributed by atoms with Crippen molar-refractivity contribution in [3.63, 3.8) is 0 Å². The van der Waals surface area contributed by atoms with Gasteiger partial charge in [0.05, 0.1) is 17.2 Å². The van der Waals surface area contributed by atoms with Crippen molar-refractivity contribution in [3.8, 4) is 0 Å². The van der Waals surface area contributed by atoms with E-state index in [1.54, 1.807) is 25.5 Å². The smallest absolute Gasteiger partial charge is 0.266 e. The summed E-state index contributed by atoms with van der Waals surface area (Å²) in [6, 6.07) is 9.62. The molecule has 8 heteroatoms. The van der Waals surface area contributed by atoms with Crippen LogP contribution in [0, 0.1) is 0 Å².